The molecule has 1 atom stereocenters. The Morgan fingerprint density at radius 3 is 2.67 bits per heavy atom. The predicted molar refractivity (Wildman–Crippen MR) is 144 cm³/mol. The smallest absolute Gasteiger partial charge is 0.416 e. The molecule has 1 unspecified atom stereocenters. The maximum Gasteiger partial charge on any atom is 0.416 e. The fraction of sp³-hybridized carbons (Fsp3) is 0.241. The van der Waals surface area contributed by atoms with Crippen molar-refractivity contribution < 1.29 is 36.6 Å². The molecule has 5 rings (SSSR count). The van der Waals surface area contributed by atoms with Gasteiger partial charge in [0, 0.05) is 35.1 Å². The van der Waals surface area contributed by atoms with Gasteiger partial charge >= 0.3 is 6.18 Å². The second-order valence-electron chi connectivity index (χ2n) is 10.2. The van der Waals surface area contributed by atoms with E-state index in [1.165, 1.54) is 23.2 Å². The number of carbonyl (C=O) groups excluding carboxylic acids is 2. The van der Waals surface area contributed by atoms with E-state index in [0.29, 0.717) is 18.9 Å². The third-order valence-electron chi connectivity index (χ3n) is 7.53. The van der Waals surface area contributed by atoms with E-state index in [9.17, 15) is 41.9 Å². The van der Waals surface area contributed by atoms with Crippen LogP contribution in [0.15, 0.2) is 60.0 Å². The average molecular weight is 618 g/mol. The number of hydrogen-bond donors (Lipinski definition) is 2. The summed E-state index contributed by atoms with van der Waals surface area (Å²) in [6.07, 6.45) is -2.84. The molecule has 3 heterocycles. The maximum absolute atomic E-state index is 14.6. The van der Waals surface area contributed by atoms with E-state index in [0.717, 1.165) is 29.4 Å². The highest BCUT2D eigenvalue weighted by Crippen LogP contribution is 2.43. The molecule has 0 saturated carbocycles. The number of anilines is 1. The SMILES string of the molecule is CC12CCCN1N(Cc1cccc(F)c1F)C(=O)C(C(=O)Nc1ccc(C(F)(F)F)cc1-c1cnc(Cl)c(C#N)c1)=C2O. The molecule has 43 heavy (non-hydrogen) atoms. The van der Waals surface area contributed by atoms with E-state index >= 15 is 0 Å². The summed E-state index contributed by atoms with van der Waals surface area (Å²) in [5.74, 6) is -5.05. The summed E-state index contributed by atoms with van der Waals surface area (Å²) in [5.41, 5.74) is -3.72. The van der Waals surface area contributed by atoms with Crippen LogP contribution < -0.4 is 5.32 Å². The monoisotopic (exact) mass is 617 g/mol. The van der Waals surface area contributed by atoms with Crippen LogP contribution in [0.3, 0.4) is 0 Å². The van der Waals surface area contributed by atoms with E-state index in [1.807, 2.05) is 0 Å². The Balaban J connectivity index is 1.57. The molecular weight excluding hydrogens is 597 g/mol. The molecule has 2 N–H and O–H groups in total. The largest absolute Gasteiger partial charge is 0.509 e. The number of aromatic nitrogens is 1. The van der Waals surface area contributed by atoms with Crippen molar-refractivity contribution in [3.63, 3.8) is 0 Å². The quantitative estimate of drug-likeness (QED) is 0.202. The molecule has 3 aromatic rings. The van der Waals surface area contributed by atoms with Crippen LogP contribution in [-0.4, -0.2) is 44.0 Å². The van der Waals surface area contributed by atoms with Crippen LogP contribution >= 0.6 is 11.6 Å². The number of amides is 2. The molecule has 8 nitrogen and oxygen atoms in total. The van der Waals surface area contributed by atoms with Crippen LogP contribution in [0.25, 0.3) is 11.1 Å². The lowest BCUT2D eigenvalue weighted by molar-refractivity contribution is -0.160. The minimum Gasteiger partial charge on any atom is -0.509 e. The van der Waals surface area contributed by atoms with E-state index in [1.54, 1.807) is 13.0 Å². The van der Waals surface area contributed by atoms with Crippen LogP contribution in [0.4, 0.5) is 27.6 Å². The first-order valence-corrected chi connectivity index (χ1v) is 13.2. The van der Waals surface area contributed by atoms with Gasteiger partial charge in [0.25, 0.3) is 11.8 Å². The van der Waals surface area contributed by atoms with E-state index in [2.05, 4.69) is 10.3 Å². The minimum atomic E-state index is -4.76. The molecule has 2 amide bonds. The number of aliphatic hydroxyl groups excluding tert-OH is 1. The zero-order chi connectivity index (χ0) is 31.3. The van der Waals surface area contributed by atoms with Crippen molar-refractivity contribution >= 4 is 29.1 Å². The van der Waals surface area contributed by atoms with Crippen molar-refractivity contribution in [2.75, 3.05) is 11.9 Å². The van der Waals surface area contributed by atoms with Gasteiger partial charge in [0.05, 0.1) is 23.2 Å². The van der Waals surface area contributed by atoms with Gasteiger partial charge in [0.15, 0.2) is 11.6 Å². The Kier molecular flexibility index (Phi) is 7.62. The number of rotatable bonds is 5. The van der Waals surface area contributed by atoms with Crippen molar-refractivity contribution in [1.82, 2.24) is 15.0 Å². The number of nitrogens with one attached hydrogen (secondary N) is 1. The first kappa shape index (κ1) is 29.9. The van der Waals surface area contributed by atoms with Crippen LogP contribution in [0.5, 0.6) is 0 Å². The number of carbonyl (C=O) groups is 2. The first-order valence-electron chi connectivity index (χ1n) is 12.8. The number of aliphatic hydroxyl groups is 1. The highest BCUT2D eigenvalue weighted by molar-refractivity contribution is 6.30. The molecule has 1 aromatic heterocycles. The van der Waals surface area contributed by atoms with E-state index < -0.39 is 58.6 Å². The van der Waals surface area contributed by atoms with Crippen LogP contribution in [0.1, 0.15) is 36.5 Å². The first-order chi connectivity index (χ1) is 20.3. The second-order valence-corrected chi connectivity index (χ2v) is 10.5. The summed E-state index contributed by atoms with van der Waals surface area (Å²) in [7, 11) is 0. The van der Waals surface area contributed by atoms with Gasteiger partial charge in [-0.2, -0.15) is 18.4 Å². The number of nitrogens with zero attached hydrogens (tertiary/aromatic N) is 4. The summed E-state index contributed by atoms with van der Waals surface area (Å²) in [6.45, 7) is 1.39. The fourth-order valence-electron chi connectivity index (χ4n) is 5.31. The minimum absolute atomic E-state index is 0.00709. The van der Waals surface area contributed by atoms with Crippen molar-refractivity contribution in [3.05, 3.63) is 93.5 Å². The van der Waals surface area contributed by atoms with Gasteiger partial charge in [-0.25, -0.2) is 18.8 Å². The Labute approximate surface area is 246 Å². The molecule has 0 radical (unpaired) electrons. The van der Waals surface area contributed by atoms with Gasteiger partial charge in [-0.3, -0.25) is 14.6 Å². The topological polar surface area (TPSA) is 110 Å². The molecule has 0 bridgehead atoms. The lowest BCUT2D eigenvalue weighted by Gasteiger charge is -2.46. The van der Waals surface area contributed by atoms with Gasteiger partial charge < -0.3 is 10.4 Å². The normalized spacial score (nSPS) is 18.9. The third kappa shape index (κ3) is 5.28. The molecule has 0 spiro atoms. The van der Waals surface area contributed by atoms with Crippen LogP contribution in [0, 0.1) is 23.0 Å². The molecular formula is C29H21ClF5N5O3. The zero-order valence-electron chi connectivity index (χ0n) is 22.3. The Hall–Kier alpha value is -4.54. The average Bonchev–Trinajstić information content (AvgIpc) is 3.36. The predicted octanol–water partition coefficient (Wildman–Crippen LogP) is 6.13. The maximum atomic E-state index is 14.6. The van der Waals surface area contributed by atoms with Gasteiger partial charge in [0.2, 0.25) is 0 Å². The molecule has 2 aromatic carbocycles. The zero-order valence-corrected chi connectivity index (χ0v) is 23.0. The van der Waals surface area contributed by atoms with Gasteiger partial charge in [-0.15, -0.1) is 0 Å². The summed E-state index contributed by atoms with van der Waals surface area (Å²) < 4.78 is 69.3. The van der Waals surface area contributed by atoms with Crippen LogP contribution in [0.2, 0.25) is 5.15 Å². The standard InChI is InChI=1S/C29H21ClF5N5O3/c1-28-8-3-9-40(28)39(14-15-4-2-5-20(31)23(15)32)27(43)22(24(28)41)26(42)38-21-7-6-18(29(33,34)35)11-19(21)17-10-16(12-36)25(30)37-13-17/h2,4-7,10-11,13,41H,3,8-9,14H2,1H3,(H,38,42). The number of halogens is 6. The second kappa shape index (κ2) is 10.9. The van der Waals surface area contributed by atoms with Gasteiger partial charge in [-0.1, -0.05) is 23.7 Å². The summed E-state index contributed by atoms with van der Waals surface area (Å²) in [6, 6.07) is 8.84. The van der Waals surface area contributed by atoms with Crippen molar-refractivity contribution in [3.8, 4) is 17.2 Å². The number of alkyl halides is 3. The number of pyridine rings is 1. The number of fused-ring (bicyclic) bond motifs is 1. The van der Waals surface area contributed by atoms with Crippen molar-refractivity contribution in [1.29, 1.82) is 5.26 Å². The molecule has 2 aliphatic rings. The van der Waals surface area contributed by atoms with Gasteiger partial charge in [0.1, 0.15) is 22.6 Å². The molecule has 1 saturated heterocycles. The highest BCUT2D eigenvalue weighted by atomic mass is 35.5. The Morgan fingerprint density at radius 1 is 1.23 bits per heavy atom. The van der Waals surface area contributed by atoms with Crippen molar-refractivity contribution in [2.24, 2.45) is 0 Å². The molecule has 222 valence electrons. The molecule has 2 aliphatic heterocycles. The number of nitriles is 1. The molecule has 1 fully saturated rings. The third-order valence-corrected chi connectivity index (χ3v) is 7.84. The number of benzene rings is 2. The molecule has 14 heteroatoms. The highest BCUT2D eigenvalue weighted by Gasteiger charge is 2.52. The lowest BCUT2D eigenvalue weighted by atomic mass is 9.90. The van der Waals surface area contributed by atoms with Crippen LogP contribution in [-0.2, 0) is 22.3 Å². The van der Waals surface area contributed by atoms with E-state index in [4.69, 9.17) is 11.6 Å². The summed E-state index contributed by atoms with van der Waals surface area (Å²) in [5, 5.41) is 25.3. The molecule has 0 aliphatic carbocycles. The Bertz CT molecular complexity index is 1740. The Morgan fingerprint density at radius 2 is 1.98 bits per heavy atom. The summed E-state index contributed by atoms with van der Waals surface area (Å²) >= 11 is 5.89. The number of hydrogen-bond acceptors (Lipinski definition) is 6. The van der Waals surface area contributed by atoms with Gasteiger partial charge in [-0.05, 0) is 50.1 Å². The number of hydrazine groups is 1. The van der Waals surface area contributed by atoms with E-state index in [-0.39, 0.29) is 39.6 Å². The van der Waals surface area contributed by atoms with Crippen molar-refractivity contribution in [2.45, 2.75) is 38.0 Å². The fourth-order valence-corrected chi connectivity index (χ4v) is 5.45. The lowest BCUT2D eigenvalue weighted by Crippen LogP contribution is -2.60. The summed E-state index contributed by atoms with van der Waals surface area (Å²) in [4.78, 5) is 31.2.